The molecule has 25 heavy (non-hydrogen) atoms. The van der Waals surface area contributed by atoms with Crippen LogP contribution in [0, 0.1) is 0 Å². The summed E-state index contributed by atoms with van der Waals surface area (Å²) in [4.78, 5) is 11.3. The van der Waals surface area contributed by atoms with Crippen molar-refractivity contribution < 1.29 is 19.4 Å². The first kappa shape index (κ1) is 17.0. The number of hydrogen-bond donors (Lipinski definition) is 1. The first-order chi connectivity index (χ1) is 12.1. The summed E-state index contributed by atoms with van der Waals surface area (Å²) in [6.45, 7) is 0.481. The van der Waals surface area contributed by atoms with Gasteiger partial charge in [-0.3, -0.25) is 0 Å². The van der Waals surface area contributed by atoms with Gasteiger partial charge in [-0.05, 0) is 57.9 Å². The molecular formula is C20H15BrO4. The van der Waals surface area contributed by atoms with Crippen LogP contribution >= 0.6 is 15.9 Å². The third kappa shape index (κ3) is 4.39. The number of benzene rings is 3. The van der Waals surface area contributed by atoms with E-state index in [1.165, 1.54) is 6.07 Å². The summed E-state index contributed by atoms with van der Waals surface area (Å²) < 4.78 is 12.0. The molecule has 0 radical (unpaired) electrons. The van der Waals surface area contributed by atoms with E-state index in [0.29, 0.717) is 22.6 Å². The monoisotopic (exact) mass is 398 g/mol. The van der Waals surface area contributed by atoms with Crippen molar-refractivity contribution in [3.8, 4) is 17.2 Å². The minimum absolute atomic E-state index is 0.0961. The average molecular weight is 399 g/mol. The maximum absolute atomic E-state index is 11.3. The Morgan fingerprint density at radius 2 is 1.56 bits per heavy atom. The van der Waals surface area contributed by atoms with E-state index in [1.807, 2.05) is 30.3 Å². The fourth-order valence-electron chi connectivity index (χ4n) is 2.24. The lowest BCUT2D eigenvalue weighted by molar-refractivity contribution is 0.0694. The Morgan fingerprint density at radius 1 is 0.880 bits per heavy atom. The highest BCUT2D eigenvalue weighted by molar-refractivity contribution is 9.10. The Labute approximate surface area is 153 Å². The highest BCUT2D eigenvalue weighted by atomic mass is 79.9. The van der Waals surface area contributed by atoms with E-state index in [-0.39, 0.29) is 11.3 Å². The second-order valence-electron chi connectivity index (χ2n) is 5.27. The van der Waals surface area contributed by atoms with Crippen LogP contribution in [-0.4, -0.2) is 11.1 Å². The Bertz CT molecular complexity index is 861. The SMILES string of the molecule is O=C(O)c1cccc(Br)c1Oc1ccc(OCc2ccccc2)cc1. The molecule has 0 saturated heterocycles. The van der Waals surface area contributed by atoms with Crippen LogP contribution in [0.3, 0.4) is 0 Å². The zero-order valence-electron chi connectivity index (χ0n) is 13.2. The van der Waals surface area contributed by atoms with E-state index in [0.717, 1.165) is 5.56 Å². The van der Waals surface area contributed by atoms with Gasteiger partial charge in [-0.25, -0.2) is 4.79 Å². The number of rotatable bonds is 6. The van der Waals surface area contributed by atoms with Gasteiger partial charge in [0.15, 0.2) is 5.75 Å². The van der Waals surface area contributed by atoms with Gasteiger partial charge >= 0.3 is 5.97 Å². The van der Waals surface area contributed by atoms with Crippen molar-refractivity contribution in [2.75, 3.05) is 0 Å². The van der Waals surface area contributed by atoms with Crippen LogP contribution < -0.4 is 9.47 Å². The molecule has 0 unspecified atom stereocenters. The lowest BCUT2D eigenvalue weighted by atomic mass is 10.2. The van der Waals surface area contributed by atoms with Crippen molar-refractivity contribution in [3.05, 3.63) is 88.4 Å². The van der Waals surface area contributed by atoms with Gasteiger partial charge in [0.05, 0.1) is 4.47 Å². The molecule has 1 N–H and O–H groups in total. The van der Waals surface area contributed by atoms with Crippen molar-refractivity contribution in [1.29, 1.82) is 0 Å². The predicted octanol–water partition coefficient (Wildman–Crippen LogP) is 5.52. The summed E-state index contributed by atoms with van der Waals surface area (Å²) in [7, 11) is 0. The number of hydrogen-bond acceptors (Lipinski definition) is 3. The van der Waals surface area contributed by atoms with Crippen molar-refractivity contribution in [1.82, 2.24) is 0 Å². The molecule has 0 aromatic heterocycles. The molecule has 0 bridgehead atoms. The van der Waals surface area contributed by atoms with Gasteiger partial charge in [0.1, 0.15) is 23.7 Å². The molecule has 3 aromatic carbocycles. The molecule has 0 saturated carbocycles. The molecule has 5 heteroatoms. The third-order valence-electron chi connectivity index (χ3n) is 3.49. The average Bonchev–Trinajstić information content (AvgIpc) is 2.63. The van der Waals surface area contributed by atoms with Crippen molar-refractivity contribution in [2.45, 2.75) is 6.61 Å². The molecule has 0 fully saturated rings. The first-order valence-electron chi connectivity index (χ1n) is 7.60. The lowest BCUT2D eigenvalue weighted by Crippen LogP contribution is -2.00. The number of ether oxygens (including phenoxy) is 2. The lowest BCUT2D eigenvalue weighted by Gasteiger charge is -2.11. The van der Waals surface area contributed by atoms with E-state index in [1.54, 1.807) is 36.4 Å². The minimum atomic E-state index is -1.04. The van der Waals surface area contributed by atoms with Gasteiger partial charge < -0.3 is 14.6 Å². The van der Waals surface area contributed by atoms with Gasteiger partial charge in [0.2, 0.25) is 0 Å². The van der Waals surface area contributed by atoms with Crippen LogP contribution in [0.15, 0.2) is 77.3 Å². The Morgan fingerprint density at radius 3 is 2.24 bits per heavy atom. The molecule has 0 aliphatic rings. The normalized spacial score (nSPS) is 10.3. The second kappa shape index (κ2) is 7.85. The number of carbonyl (C=O) groups is 1. The van der Waals surface area contributed by atoms with Gasteiger partial charge in [-0.1, -0.05) is 36.4 Å². The van der Waals surface area contributed by atoms with Crippen LogP contribution in [0.25, 0.3) is 0 Å². The molecule has 0 aliphatic heterocycles. The van der Waals surface area contributed by atoms with Gasteiger partial charge in [-0.2, -0.15) is 0 Å². The van der Waals surface area contributed by atoms with E-state index in [9.17, 15) is 9.90 Å². The number of para-hydroxylation sites is 1. The van der Waals surface area contributed by atoms with Gasteiger partial charge in [-0.15, -0.1) is 0 Å². The van der Waals surface area contributed by atoms with Crippen molar-refractivity contribution >= 4 is 21.9 Å². The van der Waals surface area contributed by atoms with Crippen LogP contribution in [0.5, 0.6) is 17.2 Å². The zero-order chi connectivity index (χ0) is 17.6. The molecule has 0 heterocycles. The molecule has 0 aliphatic carbocycles. The van der Waals surface area contributed by atoms with Crippen LogP contribution in [0.2, 0.25) is 0 Å². The summed E-state index contributed by atoms with van der Waals surface area (Å²) in [6, 6.07) is 21.8. The minimum Gasteiger partial charge on any atom is -0.489 e. The number of carboxylic acid groups (broad SMARTS) is 1. The molecule has 3 aromatic rings. The molecule has 0 atom stereocenters. The number of carboxylic acids is 1. The largest absolute Gasteiger partial charge is 0.489 e. The summed E-state index contributed by atoms with van der Waals surface area (Å²) in [5, 5.41) is 9.27. The van der Waals surface area contributed by atoms with E-state index >= 15 is 0 Å². The van der Waals surface area contributed by atoms with Gasteiger partial charge in [0, 0.05) is 0 Å². The van der Waals surface area contributed by atoms with E-state index < -0.39 is 5.97 Å². The Hall–Kier alpha value is -2.79. The van der Waals surface area contributed by atoms with Crippen LogP contribution in [-0.2, 0) is 6.61 Å². The maximum Gasteiger partial charge on any atom is 0.339 e. The zero-order valence-corrected chi connectivity index (χ0v) is 14.8. The Balaban J connectivity index is 1.70. The van der Waals surface area contributed by atoms with Crippen molar-refractivity contribution in [2.24, 2.45) is 0 Å². The molecular weight excluding hydrogens is 384 g/mol. The molecule has 0 amide bonds. The first-order valence-corrected chi connectivity index (χ1v) is 8.39. The smallest absolute Gasteiger partial charge is 0.339 e. The summed E-state index contributed by atoms with van der Waals surface area (Å²) in [5.41, 5.74) is 1.18. The van der Waals surface area contributed by atoms with Crippen LogP contribution in [0.1, 0.15) is 15.9 Å². The standard InChI is InChI=1S/C20H15BrO4/c21-18-8-4-7-17(20(22)23)19(18)25-16-11-9-15(10-12-16)24-13-14-5-2-1-3-6-14/h1-12H,13H2,(H,22,23). The second-order valence-corrected chi connectivity index (χ2v) is 6.12. The fourth-order valence-corrected chi connectivity index (χ4v) is 2.69. The van der Waals surface area contributed by atoms with Crippen LogP contribution in [0.4, 0.5) is 0 Å². The number of halogens is 1. The highest BCUT2D eigenvalue weighted by Gasteiger charge is 2.15. The summed E-state index contributed by atoms with van der Waals surface area (Å²) in [6.07, 6.45) is 0. The topological polar surface area (TPSA) is 55.8 Å². The summed E-state index contributed by atoms with van der Waals surface area (Å²) >= 11 is 3.33. The quantitative estimate of drug-likeness (QED) is 0.593. The van der Waals surface area contributed by atoms with Gasteiger partial charge in [0.25, 0.3) is 0 Å². The molecule has 126 valence electrons. The summed E-state index contributed by atoms with van der Waals surface area (Å²) in [5.74, 6) is 0.468. The van der Waals surface area contributed by atoms with E-state index in [4.69, 9.17) is 9.47 Å². The highest BCUT2D eigenvalue weighted by Crippen LogP contribution is 2.33. The maximum atomic E-state index is 11.3. The number of aromatic carboxylic acids is 1. The predicted molar refractivity (Wildman–Crippen MR) is 98.4 cm³/mol. The Kier molecular flexibility index (Phi) is 5.36. The fraction of sp³-hybridized carbons (Fsp3) is 0.0500. The molecule has 4 nitrogen and oxygen atoms in total. The molecule has 0 spiro atoms. The molecule has 3 rings (SSSR count). The van der Waals surface area contributed by atoms with E-state index in [2.05, 4.69) is 15.9 Å². The third-order valence-corrected chi connectivity index (χ3v) is 4.11. The van der Waals surface area contributed by atoms with Crippen molar-refractivity contribution in [3.63, 3.8) is 0 Å².